The van der Waals surface area contributed by atoms with Crippen LogP contribution in [0.4, 0.5) is 0 Å². The summed E-state index contributed by atoms with van der Waals surface area (Å²) in [5, 5.41) is 17.0. The third-order valence-corrected chi connectivity index (χ3v) is 4.40. The van der Waals surface area contributed by atoms with Gasteiger partial charge < -0.3 is 24.9 Å². The third-order valence-electron chi connectivity index (χ3n) is 4.40. The fourth-order valence-electron chi connectivity index (χ4n) is 3.19. The van der Waals surface area contributed by atoms with Crippen molar-refractivity contribution in [1.29, 1.82) is 0 Å². The second kappa shape index (κ2) is 8.28. The van der Waals surface area contributed by atoms with Crippen molar-refractivity contribution >= 4 is 5.91 Å². The molecule has 3 heterocycles. The molecule has 2 aromatic heterocycles. The minimum absolute atomic E-state index is 0.255. The van der Waals surface area contributed by atoms with Crippen LogP contribution >= 0.6 is 0 Å². The fraction of sp³-hybridized carbons (Fsp3) is 0.529. The van der Waals surface area contributed by atoms with Crippen molar-refractivity contribution in [2.45, 2.75) is 31.5 Å². The van der Waals surface area contributed by atoms with Crippen LogP contribution in [0, 0.1) is 0 Å². The average Bonchev–Trinajstić information content (AvgIpc) is 3.27. The first kappa shape index (κ1) is 17.7. The summed E-state index contributed by atoms with van der Waals surface area (Å²) < 4.78 is 10.7. The predicted octanol–water partition coefficient (Wildman–Crippen LogP) is 0.859. The van der Waals surface area contributed by atoms with E-state index in [2.05, 4.69) is 15.1 Å². The molecule has 0 saturated carbocycles. The van der Waals surface area contributed by atoms with Crippen molar-refractivity contribution in [3.05, 3.63) is 41.6 Å². The zero-order chi connectivity index (χ0) is 17.6. The van der Waals surface area contributed by atoms with Crippen LogP contribution in [0.3, 0.4) is 0 Å². The first-order chi connectivity index (χ1) is 12.1. The molecule has 136 valence electrons. The molecule has 8 heteroatoms. The SMILES string of the molecule is NC(=O)c1cc([C@@H]2CCCN(C[C@@H](O)COCc3ccco3)C2)[nH]n1. The lowest BCUT2D eigenvalue weighted by Gasteiger charge is -2.33. The number of H-pyrrole nitrogens is 1. The molecule has 4 N–H and O–H groups in total. The van der Waals surface area contributed by atoms with Gasteiger partial charge in [0.05, 0.1) is 19.0 Å². The van der Waals surface area contributed by atoms with Gasteiger partial charge in [0, 0.05) is 24.7 Å². The number of rotatable bonds is 8. The number of piperidine rings is 1. The van der Waals surface area contributed by atoms with E-state index in [1.54, 1.807) is 12.3 Å². The van der Waals surface area contributed by atoms with Gasteiger partial charge in [0.1, 0.15) is 18.1 Å². The highest BCUT2D eigenvalue weighted by Crippen LogP contribution is 2.26. The number of likely N-dealkylation sites (tertiary alicyclic amines) is 1. The number of nitrogens with one attached hydrogen (secondary N) is 1. The Morgan fingerprint density at radius 1 is 1.60 bits per heavy atom. The number of hydrogen-bond acceptors (Lipinski definition) is 6. The number of β-amino-alcohol motifs (C(OH)–C–C–N with tert-alkyl or cyclic N) is 1. The summed E-state index contributed by atoms with van der Waals surface area (Å²) in [4.78, 5) is 13.4. The number of nitrogens with two attached hydrogens (primary N) is 1. The topological polar surface area (TPSA) is 118 Å². The fourth-order valence-corrected chi connectivity index (χ4v) is 3.19. The molecule has 1 fully saturated rings. The quantitative estimate of drug-likeness (QED) is 0.651. The largest absolute Gasteiger partial charge is 0.467 e. The molecule has 0 radical (unpaired) electrons. The van der Waals surface area contributed by atoms with Crippen LogP contribution in [0.15, 0.2) is 28.9 Å². The highest BCUT2D eigenvalue weighted by atomic mass is 16.5. The number of aromatic amines is 1. The van der Waals surface area contributed by atoms with E-state index in [4.69, 9.17) is 14.9 Å². The number of carbonyl (C=O) groups is 1. The maximum Gasteiger partial charge on any atom is 0.269 e. The van der Waals surface area contributed by atoms with E-state index in [0.717, 1.165) is 37.4 Å². The summed E-state index contributed by atoms with van der Waals surface area (Å²) in [5.74, 6) is 0.472. The molecule has 0 aromatic carbocycles. The lowest BCUT2D eigenvalue weighted by atomic mass is 9.94. The molecule has 25 heavy (non-hydrogen) atoms. The number of hydrogen-bond donors (Lipinski definition) is 3. The van der Waals surface area contributed by atoms with E-state index >= 15 is 0 Å². The van der Waals surface area contributed by atoms with Crippen LogP contribution in [-0.2, 0) is 11.3 Å². The van der Waals surface area contributed by atoms with Crippen LogP contribution in [0.1, 0.15) is 40.7 Å². The van der Waals surface area contributed by atoms with Gasteiger partial charge >= 0.3 is 0 Å². The summed E-state index contributed by atoms with van der Waals surface area (Å²) in [5.41, 5.74) is 6.43. The van der Waals surface area contributed by atoms with Gasteiger partial charge in [0.2, 0.25) is 0 Å². The lowest BCUT2D eigenvalue weighted by molar-refractivity contribution is 0.00118. The first-order valence-corrected chi connectivity index (χ1v) is 8.47. The van der Waals surface area contributed by atoms with Crippen LogP contribution in [0.5, 0.6) is 0 Å². The summed E-state index contributed by atoms with van der Waals surface area (Å²) in [6, 6.07) is 5.37. The average molecular weight is 348 g/mol. The molecule has 0 aliphatic carbocycles. The van der Waals surface area contributed by atoms with E-state index < -0.39 is 12.0 Å². The molecule has 1 aliphatic heterocycles. The van der Waals surface area contributed by atoms with Gasteiger partial charge in [-0.3, -0.25) is 9.89 Å². The molecule has 2 aromatic rings. The Morgan fingerprint density at radius 2 is 2.48 bits per heavy atom. The molecular formula is C17H24N4O4. The molecule has 1 saturated heterocycles. The van der Waals surface area contributed by atoms with Gasteiger partial charge in [0.25, 0.3) is 5.91 Å². The van der Waals surface area contributed by atoms with Gasteiger partial charge in [-0.15, -0.1) is 0 Å². The first-order valence-electron chi connectivity index (χ1n) is 8.47. The minimum atomic E-state index is -0.559. The highest BCUT2D eigenvalue weighted by Gasteiger charge is 2.25. The Kier molecular flexibility index (Phi) is 5.85. The molecule has 1 amide bonds. The van der Waals surface area contributed by atoms with Gasteiger partial charge in [-0.25, -0.2) is 0 Å². The Labute approximate surface area is 145 Å². The van der Waals surface area contributed by atoms with Gasteiger partial charge in [-0.05, 0) is 37.6 Å². The van der Waals surface area contributed by atoms with Crippen molar-refractivity contribution < 1.29 is 19.1 Å². The van der Waals surface area contributed by atoms with Crippen molar-refractivity contribution in [3.63, 3.8) is 0 Å². The number of ether oxygens (including phenoxy) is 1. The number of nitrogens with zero attached hydrogens (tertiary/aromatic N) is 2. The molecule has 0 spiro atoms. The Balaban J connectivity index is 1.44. The Morgan fingerprint density at radius 3 is 3.20 bits per heavy atom. The van der Waals surface area contributed by atoms with Gasteiger partial charge in [-0.1, -0.05) is 0 Å². The summed E-state index contributed by atoms with van der Waals surface area (Å²) in [7, 11) is 0. The summed E-state index contributed by atoms with van der Waals surface area (Å²) in [6.07, 6.45) is 3.08. The number of furan rings is 1. The highest BCUT2D eigenvalue weighted by molar-refractivity contribution is 5.90. The van der Waals surface area contributed by atoms with Crippen LogP contribution in [0.2, 0.25) is 0 Å². The summed E-state index contributed by atoms with van der Waals surface area (Å²) >= 11 is 0. The molecule has 8 nitrogen and oxygen atoms in total. The maximum atomic E-state index is 11.2. The summed E-state index contributed by atoms with van der Waals surface area (Å²) in [6.45, 7) is 2.90. The van der Waals surface area contributed by atoms with Crippen molar-refractivity contribution in [1.82, 2.24) is 15.1 Å². The number of primary amides is 1. The van der Waals surface area contributed by atoms with Gasteiger partial charge in [0.15, 0.2) is 0 Å². The number of amides is 1. The van der Waals surface area contributed by atoms with Crippen LogP contribution in [-0.4, -0.2) is 58.5 Å². The third kappa shape index (κ3) is 4.91. The minimum Gasteiger partial charge on any atom is -0.467 e. The smallest absolute Gasteiger partial charge is 0.269 e. The number of carbonyl (C=O) groups excluding carboxylic acids is 1. The predicted molar refractivity (Wildman–Crippen MR) is 89.9 cm³/mol. The van der Waals surface area contributed by atoms with Crippen molar-refractivity contribution in [2.75, 3.05) is 26.2 Å². The lowest BCUT2D eigenvalue weighted by Crippen LogP contribution is -2.40. The Hall–Kier alpha value is -2.16. The van der Waals surface area contributed by atoms with E-state index in [9.17, 15) is 9.90 Å². The second-order valence-corrected chi connectivity index (χ2v) is 6.42. The zero-order valence-corrected chi connectivity index (χ0v) is 14.1. The van der Waals surface area contributed by atoms with E-state index in [0.29, 0.717) is 13.2 Å². The monoisotopic (exact) mass is 348 g/mol. The molecule has 1 aliphatic rings. The normalized spacial score (nSPS) is 19.8. The number of aliphatic hydroxyl groups is 1. The van der Waals surface area contributed by atoms with Gasteiger partial charge in [-0.2, -0.15) is 5.10 Å². The van der Waals surface area contributed by atoms with Crippen LogP contribution in [0.25, 0.3) is 0 Å². The zero-order valence-electron chi connectivity index (χ0n) is 14.1. The Bertz CT molecular complexity index is 670. The van der Waals surface area contributed by atoms with E-state index in [-0.39, 0.29) is 18.2 Å². The number of aliphatic hydroxyl groups excluding tert-OH is 1. The molecule has 2 atom stereocenters. The van der Waals surface area contributed by atoms with E-state index in [1.165, 1.54) is 0 Å². The number of aromatic nitrogens is 2. The molecule has 0 unspecified atom stereocenters. The molecular weight excluding hydrogens is 324 g/mol. The second-order valence-electron chi connectivity index (χ2n) is 6.42. The van der Waals surface area contributed by atoms with E-state index in [1.807, 2.05) is 12.1 Å². The van der Waals surface area contributed by atoms with Crippen molar-refractivity contribution in [2.24, 2.45) is 5.73 Å². The molecule has 3 rings (SSSR count). The van der Waals surface area contributed by atoms with Crippen LogP contribution < -0.4 is 5.73 Å². The standard InChI is InChI=1S/C17H24N4O4/c18-17(23)16-7-15(19-20-16)12-3-1-5-21(8-12)9-13(22)10-24-11-14-4-2-6-25-14/h2,4,6-7,12-13,22H,1,3,5,8-11H2,(H2,18,23)(H,19,20)/t12-,13-/m1/s1. The maximum absolute atomic E-state index is 11.2. The molecule has 0 bridgehead atoms. The van der Waals surface area contributed by atoms with Crippen molar-refractivity contribution in [3.8, 4) is 0 Å².